The standard InChI is InChI=1S/C19H20ClNO5S/c1-21(16-7-3-6-15(20)12-16)27(23,24)18-9-2-5-14(11-18)19(22)26-13-17-8-4-10-25-17/h2-3,5-7,9,11-12,17H,4,8,10,13H2,1H3. The third-order valence-electron chi connectivity index (χ3n) is 4.32. The number of carbonyl (C=O) groups excluding carboxylic acids is 1. The van der Waals surface area contributed by atoms with Crippen LogP contribution >= 0.6 is 11.6 Å². The molecule has 1 atom stereocenters. The smallest absolute Gasteiger partial charge is 0.338 e. The molecule has 144 valence electrons. The van der Waals surface area contributed by atoms with E-state index in [4.69, 9.17) is 21.1 Å². The summed E-state index contributed by atoms with van der Waals surface area (Å²) >= 11 is 5.95. The van der Waals surface area contributed by atoms with E-state index in [2.05, 4.69) is 0 Å². The summed E-state index contributed by atoms with van der Waals surface area (Å²) in [6, 6.07) is 12.3. The molecule has 0 N–H and O–H groups in total. The summed E-state index contributed by atoms with van der Waals surface area (Å²) < 4.78 is 37.6. The first-order valence-corrected chi connectivity index (χ1v) is 10.3. The number of halogens is 1. The lowest BCUT2D eigenvalue weighted by Crippen LogP contribution is -2.26. The van der Waals surface area contributed by atoms with E-state index in [1.807, 2.05) is 0 Å². The molecule has 8 heteroatoms. The summed E-state index contributed by atoms with van der Waals surface area (Å²) in [5, 5.41) is 0.431. The van der Waals surface area contributed by atoms with Crippen LogP contribution < -0.4 is 4.31 Å². The minimum atomic E-state index is -3.85. The summed E-state index contributed by atoms with van der Waals surface area (Å²) in [5.41, 5.74) is 0.599. The van der Waals surface area contributed by atoms with Crippen molar-refractivity contribution in [3.05, 3.63) is 59.1 Å². The van der Waals surface area contributed by atoms with E-state index in [1.165, 1.54) is 31.3 Å². The number of hydrogen-bond acceptors (Lipinski definition) is 5. The van der Waals surface area contributed by atoms with Crippen LogP contribution in [0.15, 0.2) is 53.4 Å². The molecule has 1 aliphatic rings. The Morgan fingerprint density at radius 3 is 2.74 bits per heavy atom. The zero-order valence-corrected chi connectivity index (χ0v) is 16.4. The van der Waals surface area contributed by atoms with E-state index in [9.17, 15) is 13.2 Å². The quantitative estimate of drug-likeness (QED) is 0.683. The van der Waals surface area contributed by atoms with E-state index in [0.717, 1.165) is 17.1 Å². The van der Waals surface area contributed by atoms with Gasteiger partial charge in [-0.05, 0) is 49.2 Å². The number of carbonyl (C=O) groups is 1. The van der Waals surface area contributed by atoms with Crippen molar-refractivity contribution in [1.29, 1.82) is 0 Å². The molecular formula is C19H20ClNO5S. The Kier molecular flexibility index (Phi) is 6.04. The minimum Gasteiger partial charge on any atom is -0.459 e. The molecule has 2 aromatic rings. The van der Waals surface area contributed by atoms with Gasteiger partial charge in [0.2, 0.25) is 0 Å². The Morgan fingerprint density at radius 2 is 2.04 bits per heavy atom. The third kappa shape index (κ3) is 4.61. The number of ether oxygens (including phenoxy) is 2. The van der Waals surface area contributed by atoms with Crippen molar-refractivity contribution in [3.63, 3.8) is 0 Å². The Bertz CT molecular complexity index is 925. The zero-order valence-electron chi connectivity index (χ0n) is 14.8. The molecule has 0 saturated carbocycles. The van der Waals surface area contributed by atoms with Crippen LogP contribution in [0.25, 0.3) is 0 Å². The Morgan fingerprint density at radius 1 is 1.26 bits per heavy atom. The van der Waals surface area contributed by atoms with Crippen LogP contribution in [0.5, 0.6) is 0 Å². The lowest BCUT2D eigenvalue weighted by atomic mass is 10.2. The number of hydrogen-bond donors (Lipinski definition) is 0. The highest BCUT2D eigenvalue weighted by Gasteiger charge is 2.23. The van der Waals surface area contributed by atoms with Gasteiger partial charge in [-0.3, -0.25) is 4.31 Å². The van der Waals surface area contributed by atoms with Crippen LogP contribution in [0.4, 0.5) is 5.69 Å². The summed E-state index contributed by atoms with van der Waals surface area (Å²) in [6.07, 6.45) is 1.72. The first kappa shape index (κ1) is 19.7. The molecule has 1 fully saturated rings. The van der Waals surface area contributed by atoms with Crippen LogP contribution in [-0.4, -0.2) is 40.8 Å². The first-order valence-electron chi connectivity index (χ1n) is 8.51. The molecule has 1 aliphatic heterocycles. The second-order valence-corrected chi connectivity index (χ2v) is 8.62. The van der Waals surface area contributed by atoms with Gasteiger partial charge in [-0.25, -0.2) is 13.2 Å². The second kappa shape index (κ2) is 8.29. The van der Waals surface area contributed by atoms with Crippen LogP contribution in [0.2, 0.25) is 5.02 Å². The fraction of sp³-hybridized carbons (Fsp3) is 0.316. The van der Waals surface area contributed by atoms with Crippen molar-refractivity contribution in [2.45, 2.75) is 23.8 Å². The monoisotopic (exact) mass is 409 g/mol. The lowest BCUT2D eigenvalue weighted by Gasteiger charge is -2.20. The van der Waals surface area contributed by atoms with Crippen LogP contribution in [0.3, 0.4) is 0 Å². The molecule has 1 heterocycles. The van der Waals surface area contributed by atoms with E-state index in [0.29, 0.717) is 17.3 Å². The van der Waals surface area contributed by atoms with Gasteiger partial charge in [0, 0.05) is 18.7 Å². The van der Waals surface area contributed by atoms with Crippen LogP contribution in [-0.2, 0) is 19.5 Å². The molecule has 0 bridgehead atoms. The molecule has 0 radical (unpaired) electrons. The van der Waals surface area contributed by atoms with Gasteiger partial charge in [0.15, 0.2) is 0 Å². The van der Waals surface area contributed by atoms with Gasteiger partial charge in [-0.2, -0.15) is 0 Å². The SMILES string of the molecule is CN(c1cccc(Cl)c1)S(=O)(=O)c1cccc(C(=O)OCC2CCCO2)c1. The maximum Gasteiger partial charge on any atom is 0.338 e. The Labute approximate surface area is 163 Å². The summed E-state index contributed by atoms with van der Waals surface area (Å²) in [6.45, 7) is 0.837. The number of rotatable bonds is 6. The van der Waals surface area contributed by atoms with Crippen molar-refractivity contribution >= 4 is 33.3 Å². The summed E-state index contributed by atoms with van der Waals surface area (Å²) in [7, 11) is -2.42. The molecule has 27 heavy (non-hydrogen) atoms. The second-order valence-electron chi connectivity index (χ2n) is 6.21. The van der Waals surface area contributed by atoms with Crippen LogP contribution in [0.1, 0.15) is 23.2 Å². The number of benzene rings is 2. The van der Waals surface area contributed by atoms with Crippen LogP contribution in [0, 0.1) is 0 Å². The van der Waals surface area contributed by atoms with E-state index >= 15 is 0 Å². The molecule has 0 amide bonds. The molecule has 1 saturated heterocycles. The molecule has 0 aromatic heterocycles. The van der Waals surface area contributed by atoms with Gasteiger partial charge < -0.3 is 9.47 Å². The number of esters is 1. The van der Waals surface area contributed by atoms with Crippen molar-refractivity contribution in [2.75, 3.05) is 24.6 Å². The fourth-order valence-corrected chi connectivity index (χ4v) is 4.20. The molecule has 3 rings (SSSR count). The average molecular weight is 410 g/mol. The molecule has 2 aromatic carbocycles. The van der Waals surface area contributed by atoms with E-state index in [1.54, 1.807) is 24.3 Å². The third-order valence-corrected chi connectivity index (χ3v) is 6.34. The van der Waals surface area contributed by atoms with E-state index in [-0.39, 0.29) is 23.2 Å². The predicted molar refractivity (Wildman–Crippen MR) is 103 cm³/mol. The van der Waals surface area contributed by atoms with Crippen molar-refractivity contribution < 1.29 is 22.7 Å². The predicted octanol–water partition coefficient (Wildman–Crippen LogP) is 3.50. The van der Waals surface area contributed by atoms with E-state index < -0.39 is 16.0 Å². The Balaban J connectivity index is 1.77. The summed E-state index contributed by atoms with van der Waals surface area (Å²) in [5.74, 6) is -0.576. The Hall–Kier alpha value is -2.09. The fourth-order valence-electron chi connectivity index (χ4n) is 2.78. The van der Waals surface area contributed by atoms with Gasteiger partial charge in [0.25, 0.3) is 10.0 Å². The maximum absolute atomic E-state index is 12.9. The topological polar surface area (TPSA) is 72.9 Å². The molecule has 6 nitrogen and oxygen atoms in total. The molecular weight excluding hydrogens is 390 g/mol. The highest BCUT2D eigenvalue weighted by Crippen LogP contribution is 2.25. The normalized spacial score (nSPS) is 16.9. The highest BCUT2D eigenvalue weighted by atomic mass is 35.5. The molecule has 1 unspecified atom stereocenters. The number of sulfonamides is 1. The average Bonchev–Trinajstić information content (AvgIpc) is 3.19. The van der Waals surface area contributed by atoms with Crippen molar-refractivity contribution in [1.82, 2.24) is 0 Å². The summed E-state index contributed by atoms with van der Waals surface area (Å²) in [4.78, 5) is 12.3. The largest absolute Gasteiger partial charge is 0.459 e. The van der Waals surface area contributed by atoms with Gasteiger partial charge in [-0.15, -0.1) is 0 Å². The van der Waals surface area contributed by atoms with Gasteiger partial charge >= 0.3 is 5.97 Å². The van der Waals surface area contributed by atoms with Crippen molar-refractivity contribution in [2.24, 2.45) is 0 Å². The van der Waals surface area contributed by atoms with Crippen molar-refractivity contribution in [3.8, 4) is 0 Å². The maximum atomic E-state index is 12.9. The molecule has 0 aliphatic carbocycles. The van der Waals surface area contributed by atoms with Gasteiger partial charge in [0.1, 0.15) is 6.61 Å². The van der Waals surface area contributed by atoms with Gasteiger partial charge in [0.05, 0.1) is 22.3 Å². The highest BCUT2D eigenvalue weighted by molar-refractivity contribution is 7.92. The zero-order chi connectivity index (χ0) is 19.4. The minimum absolute atomic E-state index is 0.00320. The van der Waals surface area contributed by atoms with Gasteiger partial charge in [-0.1, -0.05) is 23.7 Å². The molecule has 0 spiro atoms. The number of nitrogens with zero attached hydrogens (tertiary/aromatic N) is 1. The number of anilines is 1. The lowest BCUT2D eigenvalue weighted by molar-refractivity contribution is 0.0161. The first-order chi connectivity index (χ1) is 12.9.